The van der Waals surface area contributed by atoms with E-state index in [9.17, 15) is 29.1 Å². The van der Waals surface area contributed by atoms with Gasteiger partial charge in [0.1, 0.15) is 11.5 Å². The molecule has 0 unspecified atom stereocenters. The summed E-state index contributed by atoms with van der Waals surface area (Å²) in [6.45, 7) is 1.21. The van der Waals surface area contributed by atoms with E-state index < -0.39 is 27.7 Å². The molecule has 0 amide bonds. The second-order valence-electron chi connectivity index (χ2n) is 6.86. The van der Waals surface area contributed by atoms with E-state index in [0.29, 0.717) is 0 Å². The van der Waals surface area contributed by atoms with Gasteiger partial charge in [0.25, 0.3) is 0 Å². The van der Waals surface area contributed by atoms with E-state index >= 15 is 0 Å². The SMILES string of the molecule is CC(=O)Oc1ccc2c(=O)c3c(sc4c(=O)c5ccc(O)cc5c(=O)c43)c(=O)c2c1. The monoisotopic (exact) mass is 418 g/mol. The summed E-state index contributed by atoms with van der Waals surface area (Å²) >= 11 is 0.802. The number of fused-ring (bicyclic) bond motifs is 5. The Morgan fingerprint density at radius 1 is 0.767 bits per heavy atom. The van der Waals surface area contributed by atoms with E-state index in [-0.39, 0.29) is 53.2 Å². The van der Waals surface area contributed by atoms with Crippen LogP contribution in [0.15, 0.2) is 55.6 Å². The fourth-order valence-electron chi connectivity index (χ4n) is 3.75. The average molecular weight is 418 g/mol. The maximum absolute atomic E-state index is 13.2. The van der Waals surface area contributed by atoms with Gasteiger partial charge in [-0.15, -0.1) is 11.3 Å². The zero-order valence-electron chi connectivity index (χ0n) is 15.3. The lowest BCUT2D eigenvalue weighted by molar-refractivity contribution is -0.131. The smallest absolute Gasteiger partial charge is 0.308 e. The average Bonchev–Trinajstić information content (AvgIpc) is 3.11. The minimum Gasteiger partial charge on any atom is -0.508 e. The Morgan fingerprint density at radius 3 is 1.97 bits per heavy atom. The largest absolute Gasteiger partial charge is 0.508 e. The van der Waals surface area contributed by atoms with E-state index in [4.69, 9.17) is 4.74 Å². The molecule has 0 atom stereocenters. The van der Waals surface area contributed by atoms with Crippen LogP contribution >= 0.6 is 11.3 Å². The molecular weight excluding hydrogens is 408 g/mol. The van der Waals surface area contributed by atoms with Gasteiger partial charge in [0.15, 0.2) is 10.9 Å². The molecule has 0 aliphatic carbocycles. The minimum absolute atomic E-state index is 0.00352. The summed E-state index contributed by atoms with van der Waals surface area (Å²) in [5.74, 6) is -0.649. The third-order valence-corrected chi connectivity index (χ3v) is 6.20. The summed E-state index contributed by atoms with van der Waals surface area (Å²) in [7, 11) is 0. The van der Waals surface area contributed by atoms with Crippen molar-refractivity contribution in [3.05, 3.63) is 77.3 Å². The first-order valence-corrected chi connectivity index (χ1v) is 9.60. The van der Waals surface area contributed by atoms with Gasteiger partial charge in [-0.2, -0.15) is 0 Å². The summed E-state index contributed by atoms with van der Waals surface area (Å²) in [5.41, 5.74) is -2.16. The van der Waals surface area contributed by atoms with Crippen LogP contribution < -0.4 is 26.5 Å². The first-order chi connectivity index (χ1) is 14.3. The summed E-state index contributed by atoms with van der Waals surface area (Å²) < 4.78 is 5.01. The molecular formula is C22H10O7S. The molecule has 8 heteroatoms. The van der Waals surface area contributed by atoms with Crippen molar-refractivity contribution in [1.29, 1.82) is 0 Å². The van der Waals surface area contributed by atoms with Crippen LogP contribution in [0.5, 0.6) is 11.5 Å². The molecule has 1 heterocycles. The van der Waals surface area contributed by atoms with Gasteiger partial charge in [-0.3, -0.25) is 24.0 Å². The number of esters is 1. The molecule has 30 heavy (non-hydrogen) atoms. The molecule has 5 rings (SSSR count). The van der Waals surface area contributed by atoms with Crippen LogP contribution in [-0.4, -0.2) is 11.1 Å². The van der Waals surface area contributed by atoms with Crippen molar-refractivity contribution in [3.63, 3.8) is 0 Å². The number of phenols is 1. The summed E-state index contributed by atoms with van der Waals surface area (Å²) in [6.07, 6.45) is 0. The van der Waals surface area contributed by atoms with Gasteiger partial charge in [-0.1, -0.05) is 0 Å². The summed E-state index contributed by atoms with van der Waals surface area (Å²) in [5, 5.41) is 9.72. The highest BCUT2D eigenvalue weighted by molar-refractivity contribution is 7.25. The molecule has 0 fully saturated rings. The maximum Gasteiger partial charge on any atom is 0.308 e. The van der Waals surface area contributed by atoms with Crippen LogP contribution in [0.1, 0.15) is 6.92 Å². The first-order valence-electron chi connectivity index (χ1n) is 8.79. The van der Waals surface area contributed by atoms with Gasteiger partial charge in [-0.05, 0) is 36.4 Å². The number of rotatable bonds is 1. The summed E-state index contributed by atoms with van der Waals surface area (Å²) in [4.78, 5) is 63.5. The maximum atomic E-state index is 13.2. The van der Waals surface area contributed by atoms with Gasteiger partial charge in [0.2, 0.25) is 10.9 Å². The Kier molecular flexibility index (Phi) is 3.65. The molecule has 5 aromatic rings. The molecule has 1 aromatic heterocycles. The van der Waals surface area contributed by atoms with Crippen molar-refractivity contribution in [2.75, 3.05) is 0 Å². The molecule has 1 N–H and O–H groups in total. The quantitative estimate of drug-likeness (QED) is 0.328. The Labute approximate surface area is 169 Å². The molecule has 0 bridgehead atoms. The van der Waals surface area contributed by atoms with Crippen LogP contribution in [0.3, 0.4) is 0 Å². The third kappa shape index (κ3) is 2.34. The third-order valence-electron chi connectivity index (χ3n) is 5.01. The number of hydrogen-bond acceptors (Lipinski definition) is 8. The lowest BCUT2D eigenvalue weighted by atomic mass is 10.0. The molecule has 0 aliphatic heterocycles. The number of aromatic hydroxyl groups is 1. The standard InChI is InChI=1S/C22H10O7S/c1-8(23)29-10-3-5-11-14(7-10)20(28)22-15(17(11)25)16-18(26)13-6-9(24)2-4-12(13)19(27)21(16)30-22/h2-7,24H,1H3. The number of carbonyl (C=O) groups is 1. The molecule has 0 saturated heterocycles. The predicted molar refractivity (Wildman–Crippen MR) is 115 cm³/mol. The Bertz CT molecular complexity index is 1790. The second-order valence-corrected chi connectivity index (χ2v) is 7.88. The van der Waals surface area contributed by atoms with Crippen molar-refractivity contribution < 1.29 is 14.6 Å². The number of carbonyl (C=O) groups excluding carboxylic acids is 1. The van der Waals surface area contributed by atoms with Crippen LogP contribution in [0.2, 0.25) is 0 Å². The van der Waals surface area contributed by atoms with E-state index in [1.165, 1.54) is 43.3 Å². The predicted octanol–water partition coefficient (Wildman–Crippen LogP) is 2.31. The van der Waals surface area contributed by atoms with Crippen LogP contribution in [0.4, 0.5) is 0 Å². The molecule has 7 nitrogen and oxygen atoms in total. The van der Waals surface area contributed by atoms with Crippen molar-refractivity contribution in [2.24, 2.45) is 0 Å². The molecule has 4 aromatic carbocycles. The van der Waals surface area contributed by atoms with Crippen LogP contribution in [0, 0.1) is 0 Å². The Balaban J connectivity index is 2.04. The molecule has 0 radical (unpaired) electrons. The highest BCUT2D eigenvalue weighted by Gasteiger charge is 2.22. The first kappa shape index (κ1) is 18.1. The minimum atomic E-state index is -0.589. The lowest BCUT2D eigenvalue weighted by Crippen LogP contribution is -2.15. The van der Waals surface area contributed by atoms with Crippen LogP contribution in [0.25, 0.3) is 41.7 Å². The van der Waals surface area contributed by atoms with E-state index in [0.717, 1.165) is 11.3 Å². The Hall–Kier alpha value is -3.91. The van der Waals surface area contributed by atoms with Crippen molar-refractivity contribution in [1.82, 2.24) is 0 Å². The highest BCUT2D eigenvalue weighted by atomic mass is 32.1. The topological polar surface area (TPSA) is 115 Å². The zero-order valence-corrected chi connectivity index (χ0v) is 16.1. The van der Waals surface area contributed by atoms with E-state index in [2.05, 4.69) is 0 Å². The molecule has 0 spiro atoms. The van der Waals surface area contributed by atoms with Gasteiger partial charge in [-0.25, -0.2) is 0 Å². The Morgan fingerprint density at radius 2 is 1.30 bits per heavy atom. The lowest BCUT2D eigenvalue weighted by Gasteiger charge is -2.03. The molecule has 0 aliphatic rings. The number of benzene rings is 4. The van der Waals surface area contributed by atoms with E-state index in [1.807, 2.05) is 0 Å². The number of hydrogen-bond donors (Lipinski definition) is 1. The second kappa shape index (κ2) is 6.04. The van der Waals surface area contributed by atoms with Crippen LogP contribution in [-0.2, 0) is 4.79 Å². The van der Waals surface area contributed by atoms with Gasteiger partial charge in [0.05, 0.1) is 20.2 Å². The number of ether oxygens (including phenoxy) is 1. The van der Waals surface area contributed by atoms with Crippen molar-refractivity contribution in [3.8, 4) is 11.5 Å². The highest BCUT2D eigenvalue weighted by Crippen LogP contribution is 2.30. The summed E-state index contributed by atoms with van der Waals surface area (Å²) in [6, 6.07) is 7.86. The van der Waals surface area contributed by atoms with Gasteiger partial charge < -0.3 is 9.84 Å². The van der Waals surface area contributed by atoms with Crippen molar-refractivity contribution >= 4 is 59.0 Å². The molecule has 0 saturated carbocycles. The normalized spacial score (nSPS) is 11.6. The number of phenolic OH excluding ortho intramolecular Hbond substituents is 1. The van der Waals surface area contributed by atoms with Gasteiger partial charge >= 0.3 is 5.97 Å². The molecule has 146 valence electrons. The van der Waals surface area contributed by atoms with Crippen molar-refractivity contribution in [2.45, 2.75) is 6.92 Å². The van der Waals surface area contributed by atoms with Gasteiger partial charge in [0, 0.05) is 28.5 Å². The fourth-order valence-corrected chi connectivity index (χ4v) is 4.96. The number of thiophene rings is 1. The van der Waals surface area contributed by atoms with E-state index in [1.54, 1.807) is 0 Å². The fraction of sp³-hybridized carbons (Fsp3) is 0.0455. The zero-order chi connectivity index (χ0) is 21.3.